The van der Waals surface area contributed by atoms with Crippen molar-refractivity contribution in [1.82, 2.24) is 15.0 Å². The fourth-order valence-corrected chi connectivity index (χ4v) is 3.69. The van der Waals surface area contributed by atoms with Crippen molar-refractivity contribution < 1.29 is 19.4 Å². The SMILES string of the molecule is COc1ccc([C@H]2C[C@@H]2COc2nc(C)ncc2-c2ccc(C(=O)CCCO)cc2)nc1. The molecule has 2 heterocycles. The van der Waals surface area contributed by atoms with Gasteiger partial charge in [-0.25, -0.2) is 4.98 Å². The van der Waals surface area contributed by atoms with Crippen LogP contribution in [0.2, 0.25) is 0 Å². The second-order valence-corrected chi connectivity index (χ2v) is 8.00. The first kappa shape index (κ1) is 21.9. The number of carbonyl (C=O) groups is 1. The average Bonchev–Trinajstić information content (AvgIpc) is 3.61. The van der Waals surface area contributed by atoms with Crippen LogP contribution in [0.3, 0.4) is 0 Å². The fourth-order valence-electron chi connectivity index (χ4n) is 3.69. The minimum absolute atomic E-state index is 0.0155. The Bertz CT molecular complexity index is 1070. The third-order valence-electron chi connectivity index (χ3n) is 5.69. The summed E-state index contributed by atoms with van der Waals surface area (Å²) in [6.07, 6.45) is 5.34. The Labute approximate surface area is 187 Å². The first-order chi connectivity index (χ1) is 15.6. The van der Waals surface area contributed by atoms with Crippen molar-refractivity contribution in [3.63, 3.8) is 0 Å². The molecule has 7 heteroatoms. The van der Waals surface area contributed by atoms with Gasteiger partial charge in [-0.2, -0.15) is 4.98 Å². The number of methoxy groups -OCH3 is 1. The predicted octanol–water partition coefficient (Wildman–Crippen LogP) is 3.99. The van der Waals surface area contributed by atoms with E-state index in [9.17, 15) is 4.79 Å². The minimum Gasteiger partial charge on any atom is -0.495 e. The Kier molecular flexibility index (Phi) is 6.75. The molecule has 7 nitrogen and oxygen atoms in total. The molecule has 0 spiro atoms. The predicted molar refractivity (Wildman–Crippen MR) is 120 cm³/mol. The van der Waals surface area contributed by atoms with Gasteiger partial charge in [-0.1, -0.05) is 24.3 Å². The zero-order valence-electron chi connectivity index (χ0n) is 18.3. The number of nitrogens with zero attached hydrogens (tertiary/aromatic N) is 3. The number of aryl methyl sites for hydroxylation is 1. The molecule has 1 aromatic carbocycles. The van der Waals surface area contributed by atoms with Crippen LogP contribution in [0.1, 0.15) is 47.1 Å². The zero-order valence-corrected chi connectivity index (χ0v) is 18.3. The quantitative estimate of drug-likeness (QED) is 0.483. The van der Waals surface area contributed by atoms with Gasteiger partial charge >= 0.3 is 0 Å². The number of hydrogen-bond acceptors (Lipinski definition) is 7. The molecule has 0 amide bonds. The molecule has 32 heavy (non-hydrogen) atoms. The minimum atomic E-state index is 0.0155. The standard InChI is InChI=1S/C25H27N3O4/c1-16-26-14-22(17-5-7-18(8-6-17)24(30)4-3-11-29)25(28-16)32-15-19-12-21(19)23-10-9-20(31-2)13-27-23/h5-10,13-14,19,21,29H,3-4,11-12,15H2,1-2H3/t19-,21+/m1/s1. The normalized spacial score (nSPS) is 17.1. The number of aliphatic hydroxyl groups excluding tert-OH is 1. The van der Waals surface area contributed by atoms with Gasteiger partial charge in [0.25, 0.3) is 0 Å². The highest BCUT2D eigenvalue weighted by molar-refractivity contribution is 5.96. The van der Waals surface area contributed by atoms with Crippen LogP contribution in [0.5, 0.6) is 11.6 Å². The van der Waals surface area contributed by atoms with Crippen LogP contribution in [0.15, 0.2) is 48.8 Å². The molecule has 1 fully saturated rings. The van der Waals surface area contributed by atoms with E-state index in [1.807, 2.05) is 31.2 Å². The summed E-state index contributed by atoms with van der Waals surface area (Å²) in [5.41, 5.74) is 3.37. The van der Waals surface area contributed by atoms with E-state index < -0.39 is 0 Å². The topological polar surface area (TPSA) is 94.4 Å². The Morgan fingerprint density at radius 1 is 1.12 bits per heavy atom. The van der Waals surface area contributed by atoms with E-state index in [0.717, 1.165) is 29.0 Å². The number of pyridine rings is 1. The molecule has 1 N–H and O–H groups in total. The highest BCUT2D eigenvalue weighted by Gasteiger charge is 2.40. The number of hydrogen-bond donors (Lipinski definition) is 1. The van der Waals surface area contributed by atoms with Gasteiger partial charge in [-0.15, -0.1) is 0 Å². The van der Waals surface area contributed by atoms with Gasteiger partial charge in [0.2, 0.25) is 5.88 Å². The number of ketones is 1. The third-order valence-corrected chi connectivity index (χ3v) is 5.69. The zero-order chi connectivity index (χ0) is 22.5. The van der Waals surface area contributed by atoms with E-state index in [1.165, 1.54) is 0 Å². The number of carbonyl (C=O) groups excluding carboxylic acids is 1. The van der Waals surface area contributed by atoms with Crippen LogP contribution in [-0.2, 0) is 0 Å². The molecular weight excluding hydrogens is 406 g/mol. The van der Waals surface area contributed by atoms with E-state index in [1.54, 1.807) is 31.6 Å². The lowest BCUT2D eigenvalue weighted by molar-refractivity contribution is 0.0971. The van der Waals surface area contributed by atoms with E-state index in [0.29, 0.717) is 48.6 Å². The summed E-state index contributed by atoms with van der Waals surface area (Å²) < 4.78 is 11.3. The monoisotopic (exact) mass is 433 g/mol. The van der Waals surface area contributed by atoms with Gasteiger partial charge in [0, 0.05) is 42.3 Å². The fraction of sp³-hybridized carbons (Fsp3) is 0.360. The molecule has 2 atom stereocenters. The first-order valence-corrected chi connectivity index (χ1v) is 10.8. The maximum absolute atomic E-state index is 12.2. The van der Waals surface area contributed by atoms with Crippen LogP contribution in [0.25, 0.3) is 11.1 Å². The Hall–Kier alpha value is -3.32. The Balaban J connectivity index is 1.43. The number of aromatic nitrogens is 3. The largest absolute Gasteiger partial charge is 0.495 e. The molecule has 0 aliphatic heterocycles. The highest BCUT2D eigenvalue weighted by atomic mass is 16.5. The molecule has 1 aliphatic carbocycles. The van der Waals surface area contributed by atoms with E-state index in [2.05, 4.69) is 15.0 Å². The summed E-state index contributed by atoms with van der Waals surface area (Å²) in [7, 11) is 1.63. The van der Waals surface area contributed by atoms with E-state index in [4.69, 9.17) is 14.6 Å². The van der Waals surface area contributed by atoms with Crippen LogP contribution >= 0.6 is 0 Å². The lowest BCUT2D eigenvalue weighted by atomic mass is 10.0. The molecular formula is C25H27N3O4. The number of rotatable bonds is 10. The second-order valence-electron chi connectivity index (χ2n) is 8.00. The maximum atomic E-state index is 12.2. The van der Waals surface area contributed by atoms with Gasteiger partial charge in [0.15, 0.2) is 5.78 Å². The summed E-state index contributed by atoms with van der Waals surface area (Å²) in [4.78, 5) is 25.5. The van der Waals surface area contributed by atoms with Gasteiger partial charge in [0.1, 0.15) is 11.6 Å². The number of benzene rings is 1. The van der Waals surface area contributed by atoms with Gasteiger partial charge < -0.3 is 14.6 Å². The lowest BCUT2D eigenvalue weighted by Crippen LogP contribution is -2.06. The van der Waals surface area contributed by atoms with Crippen LogP contribution in [0, 0.1) is 12.8 Å². The van der Waals surface area contributed by atoms with Crippen LogP contribution in [-0.4, -0.2) is 46.2 Å². The smallest absolute Gasteiger partial charge is 0.224 e. The van der Waals surface area contributed by atoms with E-state index >= 15 is 0 Å². The molecule has 1 saturated carbocycles. The molecule has 0 unspecified atom stereocenters. The summed E-state index contributed by atoms with van der Waals surface area (Å²) in [6, 6.07) is 11.3. The molecule has 2 aromatic heterocycles. The van der Waals surface area contributed by atoms with Crippen molar-refractivity contribution in [3.05, 3.63) is 65.9 Å². The van der Waals surface area contributed by atoms with Crippen LogP contribution < -0.4 is 9.47 Å². The molecule has 3 aromatic rings. The second kappa shape index (κ2) is 9.87. The number of aliphatic hydroxyl groups is 1. The number of ether oxygens (including phenoxy) is 2. The first-order valence-electron chi connectivity index (χ1n) is 10.8. The van der Waals surface area contributed by atoms with Crippen molar-refractivity contribution >= 4 is 5.78 Å². The van der Waals surface area contributed by atoms with Crippen molar-refractivity contribution in [1.29, 1.82) is 0 Å². The summed E-state index contributed by atoms with van der Waals surface area (Å²) in [5, 5.41) is 8.92. The Morgan fingerprint density at radius 2 is 1.94 bits per heavy atom. The average molecular weight is 434 g/mol. The molecule has 4 rings (SSSR count). The number of Topliss-reactive ketones (excluding diaryl/α,β-unsaturated/α-hetero) is 1. The van der Waals surface area contributed by atoms with Crippen molar-refractivity contribution in [2.45, 2.75) is 32.1 Å². The Morgan fingerprint density at radius 3 is 2.62 bits per heavy atom. The van der Waals surface area contributed by atoms with Crippen LogP contribution in [0.4, 0.5) is 0 Å². The molecule has 0 bridgehead atoms. The lowest BCUT2D eigenvalue weighted by Gasteiger charge is -2.11. The molecule has 166 valence electrons. The maximum Gasteiger partial charge on any atom is 0.224 e. The third kappa shape index (κ3) is 5.11. The van der Waals surface area contributed by atoms with Gasteiger partial charge in [-0.3, -0.25) is 9.78 Å². The molecule has 0 radical (unpaired) electrons. The summed E-state index contributed by atoms with van der Waals surface area (Å²) >= 11 is 0. The molecule has 1 aliphatic rings. The summed E-state index contributed by atoms with van der Waals surface area (Å²) in [6.45, 7) is 2.40. The van der Waals surface area contributed by atoms with E-state index in [-0.39, 0.29) is 12.4 Å². The van der Waals surface area contributed by atoms with Gasteiger partial charge in [0.05, 0.1) is 25.5 Å². The van der Waals surface area contributed by atoms with Gasteiger partial charge in [-0.05, 0) is 37.5 Å². The molecule has 0 saturated heterocycles. The van der Waals surface area contributed by atoms with Crippen molar-refractivity contribution in [2.75, 3.05) is 20.3 Å². The summed E-state index contributed by atoms with van der Waals surface area (Å²) in [5.74, 6) is 2.74. The highest BCUT2D eigenvalue weighted by Crippen LogP contribution is 2.47. The van der Waals surface area contributed by atoms with Crippen molar-refractivity contribution in [2.24, 2.45) is 5.92 Å². The van der Waals surface area contributed by atoms with Crippen molar-refractivity contribution in [3.8, 4) is 22.8 Å².